The highest BCUT2D eigenvalue weighted by molar-refractivity contribution is 7.07. The third-order valence-corrected chi connectivity index (χ3v) is 4.98. The van der Waals surface area contributed by atoms with Crippen molar-refractivity contribution in [2.24, 2.45) is 0 Å². The smallest absolute Gasteiger partial charge is 0.134 e. The van der Waals surface area contributed by atoms with Gasteiger partial charge in [0.2, 0.25) is 0 Å². The molecule has 1 fully saturated rings. The highest BCUT2D eigenvalue weighted by Crippen LogP contribution is 2.29. The molecule has 2 N–H and O–H groups in total. The van der Waals surface area contributed by atoms with Crippen LogP contribution >= 0.6 is 11.3 Å². The van der Waals surface area contributed by atoms with Crippen LogP contribution in [0.15, 0.2) is 35.7 Å². The number of nitrogen functional groups attached to an aromatic ring is 1. The Balaban J connectivity index is 1.53. The highest BCUT2D eigenvalue weighted by atomic mass is 32.1. The van der Waals surface area contributed by atoms with E-state index < -0.39 is 0 Å². The molecule has 0 radical (unpaired) electrons. The first kappa shape index (κ1) is 15.1. The molecule has 3 aromatic heterocycles. The van der Waals surface area contributed by atoms with Crippen LogP contribution in [0.2, 0.25) is 0 Å². The van der Waals surface area contributed by atoms with Crippen LogP contribution in [0.25, 0.3) is 0 Å². The molecule has 3 aromatic rings. The molecule has 0 aliphatic carbocycles. The van der Waals surface area contributed by atoms with E-state index >= 15 is 0 Å². The van der Waals surface area contributed by atoms with Crippen molar-refractivity contribution in [2.45, 2.75) is 25.3 Å². The fourth-order valence-corrected chi connectivity index (χ4v) is 3.78. The van der Waals surface area contributed by atoms with Crippen molar-refractivity contribution in [1.29, 1.82) is 0 Å². The number of hydrogen-bond donors (Lipinski definition) is 1. The van der Waals surface area contributed by atoms with E-state index in [1.165, 1.54) is 6.33 Å². The predicted octanol–water partition coefficient (Wildman–Crippen LogP) is 2.14. The molecule has 0 spiro atoms. The molecule has 0 bridgehead atoms. The summed E-state index contributed by atoms with van der Waals surface area (Å²) in [5.41, 5.74) is 8.74. The van der Waals surface area contributed by atoms with Crippen LogP contribution in [0.3, 0.4) is 0 Å². The Kier molecular flexibility index (Phi) is 4.12. The first-order chi connectivity index (χ1) is 11.8. The monoisotopic (exact) mass is 341 g/mol. The van der Waals surface area contributed by atoms with Crippen molar-refractivity contribution in [3.63, 3.8) is 0 Å². The number of nitrogens with two attached hydrogens (primary N) is 1. The second kappa shape index (κ2) is 6.56. The van der Waals surface area contributed by atoms with Crippen molar-refractivity contribution in [1.82, 2.24) is 24.5 Å². The van der Waals surface area contributed by atoms with E-state index in [2.05, 4.69) is 34.8 Å². The van der Waals surface area contributed by atoms with E-state index in [1.807, 2.05) is 24.0 Å². The number of aromatic nitrogens is 5. The van der Waals surface area contributed by atoms with Crippen LogP contribution in [-0.4, -0.2) is 37.6 Å². The minimum absolute atomic E-state index is 0.378. The van der Waals surface area contributed by atoms with E-state index in [1.54, 1.807) is 11.3 Å². The molecule has 1 saturated heterocycles. The zero-order valence-electron chi connectivity index (χ0n) is 13.2. The fraction of sp³-hybridized carbons (Fsp3) is 0.375. The number of nitrogens with zero attached hydrogens (tertiary/aromatic N) is 6. The third kappa shape index (κ3) is 3.09. The molecule has 0 aromatic carbocycles. The third-order valence-electron chi connectivity index (χ3n) is 4.35. The second-order valence-electron chi connectivity index (χ2n) is 5.98. The Morgan fingerprint density at radius 1 is 1.25 bits per heavy atom. The van der Waals surface area contributed by atoms with Gasteiger partial charge in [-0.15, -0.1) is 11.3 Å². The molecule has 1 atom stereocenters. The number of anilines is 2. The van der Waals surface area contributed by atoms with Gasteiger partial charge in [-0.2, -0.15) is 0 Å². The summed E-state index contributed by atoms with van der Waals surface area (Å²) in [6.45, 7) is 2.65. The first-order valence-electron chi connectivity index (χ1n) is 8.00. The van der Waals surface area contributed by atoms with E-state index in [-0.39, 0.29) is 0 Å². The number of piperidine rings is 1. The van der Waals surface area contributed by atoms with Gasteiger partial charge in [-0.3, -0.25) is 0 Å². The zero-order chi connectivity index (χ0) is 16.4. The fourth-order valence-electron chi connectivity index (χ4n) is 3.23. The molecule has 4 rings (SSSR count). The van der Waals surface area contributed by atoms with E-state index in [9.17, 15) is 0 Å². The Labute approximate surface area is 144 Å². The lowest BCUT2D eigenvalue weighted by Crippen LogP contribution is -2.36. The molecule has 1 aliphatic rings. The molecule has 24 heavy (non-hydrogen) atoms. The van der Waals surface area contributed by atoms with Gasteiger partial charge in [0.05, 0.1) is 17.7 Å². The van der Waals surface area contributed by atoms with Gasteiger partial charge < -0.3 is 15.2 Å². The lowest BCUT2D eigenvalue weighted by atomic mass is 9.97. The quantitative estimate of drug-likeness (QED) is 0.782. The maximum Gasteiger partial charge on any atom is 0.134 e. The predicted molar refractivity (Wildman–Crippen MR) is 94.1 cm³/mol. The molecular formula is C16H19N7S. The molecule has 0 unspecified atom stereocenters. The Morgan fingerprint density at radius 2 is 2.21 bits per heavy atom. The van der Waals surface area contributed by atoms with Crippen molar-refractivity contribution in [2.75, 3.05) is 23.7 Å². The summed E-state index contributed by atoms with van der Waals surface area (Å²) in [5, 5.41) is 2.08. The summed E-state index contributed by atoms with van der Waals surface area (Å²) in [5.74, 6) is 2.90. The molecule has 8 heteroatoms. The van der Waals surface area contributed by atoms with Gasteiger partial charge >= 0.3 is 0 Å². The van der Waals surface area contributed by atoms with Crippen LogP contribution in [0.1, 0.15) is 30.3 Å². The Morgan fingerprint density at radius 3 is 3.04 bits per heavy atom. The molecule has 0 amide bonds. The zero-order valence-corrected chi connectivity index (χ0v) is 14.1. The number of rotatable bonds is 4. The summed E-state index contributed by atoms with van der Waals surface area (Å²) >= 11 is 1.62. The molecule has 0 saturated carbocycles. The normalized spacial score (nSPS) is 18.0. The van der Waals surface area contributed by atoms with Crippen LogP contribution in [0.5, 0.6) is 0 Å². The molecule has 4 heterocycles. The second-order valence-corrected chi connectivity index (χ2v) is 6.70. The van der Waals surface area contributed by atoms with Crippen molar-refractivity contribution in [3.05, 3.63) is 47.2 Å². The van der Waals surface area contributed by atoms with Crippen molar-refractivity contribution < 1.29 is 0 Å². The Bertz CT molecular complexity index is 798. The largest absolute Gasteiger partial charge is 0.384 e. The lowest BCUT2D eigenvalue weighted by molar-refractivity contribution is 0.473. The van der Waals surface area contributed by atoms with E-state index in [0.29, 0.717) is 11.7 Å². The van der Waals surface area contributed by atoms with Gasteiger partial charge in [0, 0.05) is 42.8 Å². The summed E-state index contributed by atoms with van der Waals surface area (Å²) in [7, 11) is 0. The summed E-state index contributed by atoms with van der Waals surface area (Å²) in [6, 6.07) is 1.84. The van der Waals surface area contributed by atoms with E-state index in [4.69, 9.17) is 5.73 Å². The first-order valence-corrected chi connectivity index (χ1v) is 8.94. The van der Waals surface area contributed by atoms with Crippen molar-refractivity contribution in [3.8, 4) is 0 Å². The van der Waals surface area contributed by atoms with Crippen LogP contribution < -0.4 is 10.6 Å². The van der Waals surface area contributed by atoms with Crippen LogP contribution in [-0.2, 0) is 6.54 Å². The molecule has 7 nitrogen and oxygen atoms in total. The highest BCUT2D eigenvalue weighted by Gasteiger charge is 2.25. The number of imidazole rings is 1. The summed E-state index contributed by atoms with van der Waals surface area (Å²) < 4.78 is 2.21. The average Bonchev–Trinajstić information content (AvgIpc) is 3.27. The van der Waals surface area contributed by atoms with Gasteiger partial charge in [-0.25, -0.2) is 19.9 Å². The number of hydrogen-bond acceptors (Lipinski definition) is 7. The number of thiazole rings is 1. The van der Waals surface area contributed by atoms with Gasteiger partial charge in [0.1, 0.15) is 23.8 Å². The van der Waals surface area contributed by atoms with E-state index in [0.717, 1.165) is 49.8 Å². The maximum absolute atomic E-state index is 5.79. The van der Waals surface area contributed by atoms with Gasteiger partial charge in [-0.1, -0.05) is 0 Å². The average molecular weight is 341 g/mol. The SMILES string of the molecule is Nc1cc(N2CCC[C@H](c3nccn3Cc3cscn3)C2)ncn1. The lowest BCUT2D eigenvalue weighted by Gasteiger charge is -2.33. The van der Waals surface area contributed by atoms with Gasteiger partial charge in [-0.05, 0) is 12.8 Å². The molecular weight excluding hydrogens is 322 g/mol. The molecule has 1 aliphatic heterocycles. The molecule has 124 valence electrons. The van der Waals surface area contributed by atoms with Crippen LogP contribution in [0.4, 0.5) is 11.6 Å². The topological polar surface area (TPSA) is 85.8 Å². The Hall–Kier alpha value is -2.48. The van der Waals surface area contributed by atoms with Gasteiger partial charge in [0.15, 0.2) is 0 Å². The summed E-state index contributed by atoms with van der Waals surface area (Å²) in [4.78, 5) is 19.6. The van der Waals surface area contributed by atoms with Crippen molar-refractivity contribution >= 4 is 23.0 Å². The summed E-state index contributed by atoms with van der Waals surface area (Å²) in [6.07, 6.45) is 7.68. The maximum atomic E-state index is 5.79. The minimum Gasteiger partial charge on any atom is -0.384 e. The van der Waals surface area contributed by atoms with Gasteiger partial charge in [0.25, 0.3) is 0 Å². The standard InChI is InChI=1S/C16H19N7S/c17-14-6-15(20-10-19-14)22-4-1-2-12(7-22)16-18-3-5-23(16)8-13-9-24-11-21-13/h3,5-6,9-12H,1-2,4,7-8H2,(H2,17,19,20)/t12-/m0/s1. The minimum atomic E-state index is 0.378. The van der Waals surface area contributed by atoms with Crippen LogP contribution in [0, 0.1) is 0 Å².